The minimum absolute atomic E-state index is 0.00734. The first-order chi connectivity index (χ1) is 10.3. The van der Waals surface area contributed by atoms with E-state index in [0.29, 0.717) is 11.9 Å². The van der Waals surface area contributed by atoms with Gasteiger partial charge in [0.2, 0.25) is 5.91 Å². The minimum Gasteiger partial charge on any atom is -0.316 e. The monoisotopic (exact) mass is 305 g/mol. The highest BCUT2D eigenvalue weighted by Crippen LogP contribution is 2.36. The second kappa shape index (κ2) is 5.38. The summed E-state index contributed by atoms with van der Waals surface area (Å²) in [6.45, 7) is 4.32. The average Bonchev–Trinajstić information content (AvgIpc) is 2.94. The summed E-state index contributed by atoms with van der Waals surface area (Å²) in [5.41, 5.74) is 0. The second-order valence-electron chi connectivity index (χ2n) is 6.46. The molecule has 114 valence electrons. The van der Waals surface area contributed by atoms with Crippen LogP contribution in [0.1, 0.15) is 43.6 Å². The summed E-state index contributed by atoms with van der Waals surface area (Å²) in [6.07, 6.45) is 4.79. The SMILES string of the molecule is CCC1NC(c2cccs2)N(C2CCN(C3CC3)C2)C1=O. The van der Waals surface area contributed by atoms with Crippen LogP contribution >= 0.6 is 11.3 Å². The Labute approximate surface area is 130 Å². The van der Waals surface area contributed by atoms with Gasteiger partial charge in [0, 0.05) is 30.1 Å². The topological polar surface area (TPSA) is 35.6 Å². The molecule has 1 N–H and O–H groups in total. The third-order valence-electron chi connectivity index (χ3n) is 5.06. The standard InChI is InChI=1S/C16H23N3OS/c1-2-13-16(20)19(15(17-13)14-4-3-9-21-14)12-7-8-18(10-12)11-5-6-11/h3-4,9,11-13,15,17H,2,5-8,10H2,1H3. The van der Waals surface area contributed by atoms with Crippen LogP contribution in [0.15, 0.2) is 17.5 Å². The maximum Gasteiger partial charge on any atom is 0.241 e. The predicted octanol–water partition coefficient (Wildman–Crippen LogP) is 2.19. The van der Waals surface area contributed by atoms with Crippen molar-refractivity contribution in [1.82, 2.24) is 15.1 Å². The number of thiophene rings is 1. The highest BCUT2D eigenvalue weighted by atomic mass is 32.1. The van der Waals surface area contributed by atoms with Gasteiger partial charge in [-0.1, -0.05) is 13.0 Å². The molecular weight excluding hydrogens is 282 g/mol. The Kier molecular flexibility index (Phi) is 3.52. The van der Waals surface area contributed by atoms with Crippen LogP contribution in [0.4, 0.5) is 0 Å². The van der Waals surface area contributed by atoms with Crippen LogP contribution in [0.25, 0.3) is 0 Å². The molecular formula is C16H23N3OS. The molecule has 4 nitrogen and oxygen atoms in total. The lowest BCUT2D eigenvalue weighted by atomic mass is 10.2. The van der Waals surface area contributed by atoms with Crippen LogP contribution in [0, 0.1) is 0 Å². The van der Waals surface area contributed by atoms with E-state index >= 15 is 0 Å². The van der Waals surface area contributed by atoms with Crippen molar-refractivity contribution in [2.24, 2.45) is 0 Å². The molecule has 0 spiro atoms. The molecule has 3 heterocycles. The number of nitrogens with zero attached hydrogens (tertiary/aromatic N) is 2. The first-order valence-electron chi connectivity index (χ1n) is 8.13. The van der Waals surface area contributed by atoms with Crippen LogP contribution in [0.3, 0.4) is 0 Å². The summed E-state index contributed by atoms with van der Waals surface area (Å²) in [5.74, 6) is 0.304. The van der Waals surface area contributed by atoms with E-state index in [4.69, 9.17) is 0 Å². The Balaban J connectivity index is 1.56. The third kappa shape index (κ3) is 2.41. The van der Waals surface area contributed by atoms with Crippen molar-refractivity contribution in [3.05, 3.63) is 22.4 Å². The van der Waals surface area contributed by atoms with Crippen LogP contribution in [-0.2, 0) is 4.79 Å². The largest absolute Gasteiger partial charge is 0.316 e. The molecule has 3 fully saturated rings. The van der Waals surface area contributed by atoms with E-state index in [2.05, 4.69) is 39.6 Å². The molecule has 3 unspecified atom stereocenters. The van der Waals surface area contributed by atoms with Gasteiger partial charge in [0.25, 0.3) is 0 Å². The molecule has 1 amide bonds. The molecule has 1 saturated carbocycles. The number of carbonyl (C=O) groups is 1. The summed E-state index contributed by atoms with van der Waals surface area (Å²) in [6, 6.07) is 5.41. The van der Waals surface area contributed by atoms with Gasteiger partial charge in [-0.05, 0) is 37.1 Å². The van der Waals surface area contributed by atoms with E-state index in [0.717, 1.165) is 32.0 Å². The molecule has 5 heteroatoms. The zero-order valence-corrected chi connectivity index (χ0v) is 13.3. The molecule has 0 aromatic carbocycles. The number of likely N-dealkylation sites (tertiary alicyclic amines) is 1. The van der Waals surface area contributed by atoms with Crippen molar-refractivity contribution in [1.29, 1.82) is 0 Å². The van der Waals surface area contributed by atoms with Crippen molar-refractivity contribution >= 4 is 17.2 Å². The van der Waals surface area contributed by atoms with Crippen LogP contribution in [0.5, 0.6) is 0 Å². The summed E-state index contributed by atoms with van der Waals surface area (Å²) in [5, 5.41) is 5.65. The van der Waals surface area contributed by atoms with E-state index < -0.39 is 0 Å². The normalized spacial score (nSPS) is 34.0. The number of hydrogen-bond donors (Lipinski definition) is 1. The summed E-state index contributed by atoms with van der Waals surface area (Å²) in [4.78, 5) is 18.8. The van der Waals surface area contributed by atoms with Crippen molar-refractivity contribution < 1.29 is 4.79 Å². The summed E-state index contributed by atoms with van der Waals surface area (Å²) < 4.78 is 0. The number of amides is 1. The van der Waals surface area contributed by atoms with Crippen molar-refractivity contribution in [3.8, 4) is 0 Å². The third-order valence-corrected chi connectivity index (χ3v) is 5.99. The van der Waals surface area contributed by atoms with Gasteiger partial charge < -0.3 is 4.90 Å². The van der Waals surface area contributed by atoms with Gasteiger partial charge in [0.15, 0.2) is 0 Å². The van der Waals surface area contributed by atoms with Gasteiger partial charge in [-0.3, -0.25) is 15.0 Å². The maximum atomic E-state index is 12.8. The number of nitrogens with one attached hydrogen (secondary N) is 1. The molecule has 1 aromatic heterocycles. The molecule has 3 atom stereocenters. The molecule has 1 aliphatic carbocycles. The molecule has 3 aliphatic rings. The number of hydrogen-bond acceptors (Lipinski definition) is 4. The second-order valence-corrected chi connectivity index (χ2v) is 7.44. The van der Waals surface area contributed by atoms with Crippen molar-refractivity contribution in [2.75, 3.05) is 13.1 Å². The predicted molar refractivity (Wildman–Crippen MR) is 84.1 cm³/mol. The summed E-state index contributed by atoms with van der Waals surface area (Å²) in [7, 11) is 0. The van der Waals surface area contributed by atoms with E-state index in [1.807, 2.05) is 0 Å². The van der Waals surface area contributed by atoms with Crippen molar-refractivity contribution in [2.45, 2.75) is 56.9 Å². The zero-order chi connectivity index (χ0) is 14.4. The molecule has 2 saturated heterocycles. The fourth-order valence-electron chi connectivity index (χ4n) is 3.77. The fraction of sp³-hybridized carbons (Fsp3) is 0.688. The quantitative estimate of drug-likeness (QED) is 0.926. The van der Waals surface area contributed by atoms with Crippen LogP contribution in [0.2, 0.25) is 0 Å². The number of carbonyl (C=O) groups excluding carboxylic acids is 1. The molecule has 0 radical (unpaired) electrons. The van der Waals surface area contributed by atoms with E-state index in [9.17, 15) is 4.79 Å². The Hall–Kier alpha value is -0.910. The zero-order valence-electron chi connectivity index (χ0n) is 12.5. The van der Waals surface area contributed by atoms with Gasteiger partial charge in [-0.2, -0.15) is 0 Å². The summed E-state index contributed by atoms with van der Waals surface area (Å²) >= 11 is 1.75. The Morgan fingerprint density at radius 1 is 1.33 bits per heavy atom. The molecule has 2 aliphatic heterocycles. The van der Waals surface area contributed by atoms with Gasteiger partial charge in [-0.25, -0.2) is 0 Å². The lowest BCUT2D eigenvalue weighted by Crippen LogP contribution is -2.41. The van der Waals surface area contributed by atoms with E-state index in [-0.39, 0.29) is 12.2 Å². The highest BCUT2D eigenvalue weighted by molar-refractivity contribution is 7.10. The van der Waals surface area contributed by atoms with Crippen LogP contribution in [-0.4, -0.2) is 46.9 Å². The van der Waals surface area contributed by atoms with Gasteiger partial charge >= 0.3 is 0 Å². The molecule has 0 bridgehead atoms. The fourth-order valence-corrected chi connectivity index (χ4v) is 4.55. The maximum absolute atomic E-state index is 12.8. The smallest absolute Gasteiger partial charge is 0.241 e. The Morgan fingerprint density at radius 2 is 2.19 bits per heavy atom. The highest BCUT2D eigenvalue weighted by Gasteiger charge is 2.46. The van der Waals surface area contributed by atoms with Gasteiger partial charge in [0.1, 0.15) is 6.17 Å². The van der Waals surface area contributed by atoms with Gasteiger partial charge in [-0.15, -0.1) is 11.3 Å². The average molecular weight is 305 g/mol. The lowest BCUT2D eigenvalue weighted by Gasteiger charge is -2.30. The van der Waals surface area contributed by atoms with Gasteiger partial charge in [0.05, 0.1) is 6.04 Å². The van der Waals surface area contributed by atoms with E-state index in [1.54, 1.807) is 11.3 Å². The van der Waals surface area contributed by atoms with Crippen LogP contribution < -0.4 is 5.32 Å². The first kappa shape index (κ1) is 13.7. The molecule has 1 aromatic rings. The van der Waals surface area contributed by atoms with Crippen molar-refractivity contribution in [3.63, 3.8) is 0 Å². The Morgan fingerprint density at radius 3 is 2.86 bits per heavy atom. The number of rotatable bonds is 4. The lowest BCUT2D eigenvalue weighted by molar-refractivity contribution is -0.132. The minimum atomic E-state index is -0.00734. The Bertz CT molecular complexity index is 514. The van der Waals surface area contributed by atoms with E-state index in [1.165, 1.54) is 17.7 Å². The molecule has 21 heavy (non-hydrogen) atoms. The molecule has 4 rings (SSSR count). The first-order valence-corrected chi connectivity index (χ1v) is 9.01.